The van der Waals surface area contributed by atoms with E-state index in [-0.39, 0.29) is 5.69 Å². The average Bonchev–Trinajstić information content (AvgIpc) is 2.38. The van der Waals surface area contributed by atoms with Gasteiger partial charge in [0, 0.05) is 6.07 Å². The van der Waals surface area contributed by atoms with Gasteiger partial charge in [0.25, 0.3) is 0 Å². The van der Waals surface area contributed by atoms with E-state index in [1.807, 2.05) is 30.3 Å². The highest BCUT2D eigenvalue weighted by atomic mass is 19.1. The Bertz CT molecular complexity index is 488. The van der Waals surface area contributed by atoms with Crippen LogP contribution in [0.15, 0.2) is 48.5 Å². The maximum atomic E-state index is 13.4. The molecule has 2 aromatic rings. The molecule has 0 heterocycles. The molecule has 0 aromatic heterocycles. The standard InChI is InChI=1S/C13H13FN2O/c14-12-8-11(6-7-13(12)16-15)17-9-10-4-2-1-3-5-10/h1-8,16H,9,15H2. The molecule has 17 heavy (non-hydrogen) atoms. The van der Waals surface area contributed by atoms with Gasteiger partial charge >= 0.3 is 0 Å². The molecule has 0 radical (unpaired) electrons. The Balaban J connectivity index is 2.02. The quantitative estimate of drug-likeness (QED) is 0.629. The van der Waals surface area contributed by atoms with E-state index in [1.165, 1.54) is 12.1 Å². The highest BCUT2D eigenvalue weighted by Gasteiger charge is 2.02. The monoisotopic (exact) mass is 232 g/mol. The summed E-state index contributed by atoms with van der Waals surface area (Å²) < 4.78 is 18.8. The lowest BCUT2D eigenvalue weighted by atomic mass is 10.2. The minimum atomic E-state index is -0.432. The fourth-order valence-electron chi connectivity index (χ4n) is 1.44. The molecule has 0 amide bonds. The summed E-state index contributed by atoms with van der Waals surface area (Å²) in [5.74, 6) is 5.18. The number of benzene rings is 2. The Kier molecular flexibility index (Phi) is 3.57. The van der Waals surface area contributed by atoms with Crippen LogP contribution in [0.3, 0.4) is 0 Å². The van der Waals surface area contributed by atoms with Gasteiger partial charge in [0.2, 0.25) is 0 Å². The van der Waals surface area contributed by atoms with Gasteiger partial charge in [-0.25, -0.2) is 4.39 Å². The third kappa shape index (κ3) is 2.95. The van der Waals surface area contributed by atoms with Crippen LogP contribution in [0, 0.1) is 5.82 Å². The zero-order chi connectivity index (χ0) is 12.1. The molecule has 0 saturated carbocycles. The van der Waals surface area contributed by atoms with Crippen LogP contribution in [0.5, 0.6) is 5.75 Å². The van der Waals surface area contributed by atoms with Crippen LogP contribution in [0.4, 0.5) is 10.1 Å². The lowest BCUT2D eigenvalue weighted by Crippen LogP contribution is -2.08. The molecule has 3 nitrogen and oxygen atoms in total. The van der Waals surface area contributed by atoms with Crippen molar-refractivity contribution in [1.29, 1.82) is 0 Å². The van der Waals surface area contributed by atoms with E-state index in [9.17, 15) is 4.39 Å². The van der Waals surface area contributed by atoms with Crippen molar-refractivity contribution in [3.8, 4) is 5.75 Å². The summed E-state index contributed by atoms with van der Waals surface area (Å²) >= 11 is 0. The van der Waals surface area contributed by atoms with E-state index in [0.29, 0.717) is 12.4 Å². The first-order chi connectivity index (χ1) is 8.29. The van der Waals surface area contributed by atoms with E-state index in [4.69, 9.17) is 10.6 Å². The van der Waals surface area contributed by atoms with Gasteiger partial charge in [-0.2, -0.15) is 0 Å². The van der Waals surface area contributed by atoms with Crippen LogP contribution in [-0.2, 0) is 6.61 Å². The molecular weight excluding hydrogens is 219 g/mol. The number of hydrazine groups is 1. The van der Waals surface area contributed by atoms with Crippen molar-refractivity contribution in [1.82, 2.24) is 0 Å². The third-order valence-electron chi connectivity index (χ3n) is 2.34. The second kappa shape index (κ2) is 5.32. The normalized spacial score (nSPS) is 10.0. The highest BCUT2D eigenvalue weighted by molar-refractivity contribution is 5.46. The molecule has 88 valence electrons. The van der Waals surface area contributed by atoms with E-state index in [2.05, 4.69) is 5.43 Å². The average molecular weight is 232 g/mol. The van der Waals surface area contributed by atoms with Crippen molar-refractivity contribution in [2.45, 2.75) is 6.61 Å². The molecule has 0 unspecified atom stereocenters. The maximum Gasteiger partial charge on any atom is 0.151 e. The second-order valence-electron chi connectivity index (χ2n) is 3.56. The Morgan fingerprint density at radius 1 is 1.12 bits per heavy atom. The molecule has 0 aliphatic carbocycles. The SMILES string of the molecule is NNc1ccc(OCc2ccccc2)cc1F. The summed E-state index contributed by atoms with van der Waals surface area (Å²) in [5, 5.41) is 0. The van der Waals surface area contributed by atoms with E-state index in [1.54, 1.807) is 6.07 Å². The van der Waals surface area contributed by atoms with Gasteiger partial charge in [0.05, 0.1) is 5.69 Å². The summed E-state index contributed by atoms with van der Waals surface area (Å²) in [6, 6.07) is 14.2. The molecule has 0 fully saturated rings. The number of rotatable bonds is 4. The minimum Gasteiger partial charge on any atom is -0.489 e. The summed E-state index contributed by atoms with van der Waals surface area (Å²) in [6.07, 6.45) is 0. The first-order valence-corrected chi connectivity index (χ1v) is 5.22. The molecule has 0 bridgehead atoms. The van der Waals surface area contributed by atoms with Gasteiger partial charge in [-0.3, -0.25) is 5.84 Å². The van der Waals surface area contributed by atoms with Crippen LogP contribution >= 0.6 is 0 Å². The Morgan fingerprint density at radius 2 is 1.88 bits per heavy atom. The topological polar surface area (TPSA) is 47.3 Å². The maximum absolute atomic E-state index is 13.4. The highest BCUT2D eigenvalue weighted by Crippen LogP contribution is 2.20. The summed E-state index contributed by atoms with van der Waals surface area (Å²) in [4.78, 5) is 0. The van der Waals surface area contributed by atoms with Crippen molar-refractivity contribution in [3.05, 3.63) is 59.9 Å². The number of halogens is 1. The molecule has 3 N–H and O–H groups in total. The number of nitrogens with two attached hydrogens (primary N) is 1. The molecular formula is C13H13FN2O. The summed E-state index contributed by atoms with van der Waals surface area (Å²) in [6.45, 7) is 0.412. The van der Waals surface area contributed by atoms with Gasteiger partial charge in [-0.05, 0) is 17.7 Å². The third-order valence-corrected chi connectivity index (χ3v) is 2.34. The molecule has 0 spiro atoms. The number of hydrogen-bond donors (Lipinski definition) is 2. The molecule has 2 aromatic carbocycles. The molecule has 0 atom stereocenters. The van der Waals surface area contributed by atoms with E-state index >= 15 is 0 Å². The number of nitrogen functional groups attached to an aromatic ring is 1. The van der Waals surface area contributed by atoms with Gasteiger partial charge in [0.1, 0.15) is 12.4 Å². The van der Waals surface area contributed by atoms with Gasteiger partial charge in [0.15, 0.2) is 5.82 Å². The van der Waals surface area contributed by atoms with E-state index in [0.717, 1.165) is 5.56 Å². The van der Waals surface area contributed by atoms with Crippen molar-refractivity contribution in [2.24, 2.45) is 5.84 Å². The Hall–Kier alpha value is -2.07. The predicted octanol–water partition coefficient (Wildman–Crippen LogP) is 2.69. The molecule has 4 heteroatoms. The Morgan fingerprint density at radius 3 is 2.53 bits per heavy atom. The zero-order valence-corrected chi connectivity index (χ0v) is 9.19. The smallest absolute Gasteiger partial charge is 0.151 e. The number of nitrogens with one attached hydrogen (secondary N) is 1. The number of anilines is 1. The van der Waals surface area contributed by atoms with Gasteiger partial charge in [-0.1, -0.05) is 30.3 Å². The first kappa shape index (κ1) is 11.4. The zero-order valence-electron chi connectivity index (χ0n) is 9.19. The van der Waals surface area contributed by atoms with Crippen molar-refractivity contribution >= 4 is 5.69 Å². The van der Waals surface area contributed by atoms with Crippen LogP contribution in [0.2, 0.25) is 0 Å². The second-order valence-corrected chi connectivity index (χ2v) is 3.56. The largest absolute Gasteiger partial charge is 0.489 e. The van der Waals surface area contributed by atoms with Gasteiger partial charge in [-0.15, -0.1) is 0 Å². The van der Waals surface area contributed by atoms with E-state index < -0.39 is 5.82 Å². The Labute approximate surface area is 99.0 Å². The van der Waals surface area contributed by atoms with Crippen molar-refractivity contribution in [2.75, 3.05) is 5.43 Å². The number of hydrogen-bond acceptors (Lipinski definition) is 3. The molecule has 0 aliphatic heterocycles. The fraction of sp³-hybridized carbons (Fsp3) is 0.0769. The number of ether oxygens (including phenoxy) is 1. The molecule has 0 aliphatic rings. The lowest BCUT2D eigenvalue weighted by molar-refractivity contribution is 0.304. The van der Waals surface area contributed by atoms with Crippen LogP contribution < -0.4 is 16.0 Å². The van der Waals surface area contributed by atoms with Crippen LogP contribution in [0.1, 0.15) is 5.56 Å². The van der Waals surface area contributed by atoms with Gasteiger partial charge < -0.3 is 10.2 Å². The van der Waals surface area contributed by atoms with Crippen LogP contribution in [0.25, 0.3) is 0 Å². The molecule has 2 rings (SSSR count). The van der Waals surface area contributed by atoms with Crippen LogP contribution in [-0.4, -0.2) is 0 Å². The van der Waals surface area contributed by atoms with Crippen molar-refractivity contribution < 1.29 is 9.13 Å². The summed E-state index contributed by atoms with van der Waals surface area (Å²) in [7, 11) is 0. The first-order valence-electron chi connectivity index (χ1n) is 5.22. The summed E-state index contributed by atoms with van der Waals surface area (Å²) in [5.41, 5.74) is 3.55. The van der Waals surface area contributed by atoms with Crippen molar-refractivity contribution in [3.63, 3.8) is 0 Å². The lowest BCUT2D eigenvalue weighted by Gasteiger charge is -2.08. The fourth-order valence-corrected chi connectivity index (χ4v) is 1.44. The molecule has 0 saturated heterocycles. The minimum absolute atomic E-state index is 0.247. The predicted molar refractivity (Wildman–Crippen MR) is 65.0 cm³/mol.